The third kappa shape index (κ3) is 4.79. The first kappa shape index (κ1) is 16.5. The highest BCUT2D eigenvalue weighted by molar-refractivity contribution is 5.79. The summed E-state index contributed by atoms with van der Waals surface area (Å²) in [4.78, 5) is 12.3. The normalized spacial score (nSPS) is 26.3. The second kappa shape index (κ2) is 6.74. The molecule has 0 bridgehead atoms. The van der Waals surface area contributed by atoms with Crippen molar-refractivity contribution >= 4 is 5.91 Å². The maximum absolute atomic E-state index is 12.3. The lowest BCUT2D eigenvalue weighted by molar-refractivity contribution is -0.127. The fraction of sp³-hybridized carbons (Fsp3) is 0.938. The summed E-state index contributed by atoms with van der Waals surface area (Å²) in [5.74, 6) is 1.58. The molecule has 3 N–H and O–H groups in total. The van der Waals surface area contributed by atoms with Gasteiger partial charge in [-0.3, -0.25) is 4.79 Å². The number of hydrogen-bond acceptors (Lipinski definition) is 2. The fourth-order valence-corrected chi connectivity index (χ4v) is 3.02. The van der Waals surface area contributed by atoms with E-state index >= 15 is 0 Å². The molecule has 0 radical (unpaired) electrons. The third-order valence-corrected chi connectivity index (χ3v) is 4.71. The average molecular weight is 268 g/mol. The summed E-state index contributed by atoms with van der Waals surface area (Å²) in [6.45, 7) is 11.7. The van der Waals surface area contributed by atoms with Crippen LogP contribution in [-0.2, 0) is 4.79 Å². The first-order valence-corrected chi connectivity index (χ1v) is 7.76. The smallest absolute Gasteiger partial charge is 0.223 e. The van der Waals surface area contributed by atoms with Crippen LogP contribution in [0.15, 0.2) is 0 Å². The molecule has 0 spiro atoms. The van der Waals surface area contributed by atoms with Crippen LogP contribution < -0.4 is 11.1 Å². The van der Waals surface area contributed by atoms with E-state index < -0.39 is 0 Å². The van der Waals surface area contributed by atoms with Crippen molar-refractivity contribution in [3.8, 4) is 0 Å². The van der Waals surface area contributed by atoms with Crippen molar-refractivity contribution in [2.24, 2.45) is 28.9 Å². The Morgan fingerprint density at radius 2 is 1.74 bits per heavy atom. The molecule has 0 heterocycles. The molecule has 0 aromatic carbocycles. The van der Waals surface area contributed by atoms with Crippen LogP contribution in [0.4, 0.5) is 0 Å². The van der Waals surface area contributed by atoms with E-state index in [1.54, 1.807) is 0 Å². The van der Waals surface area contributed by atoms with Gasteiger partial charge in [-0.15, -0.1) is 0 Å². The number of rotatable bonds is 4. The van der Waals surface area contributed by atoms with Gasteiger partial charge in [-0.1, -0.05) is 34.6 Å². The summed E-state index contributed by atoms with van der Waals surface area (Å²) < 4.78 is 0. The Balaban J connectivity index is 2.45. The van der Waals surface area contributed by atoms with Gasteiger partial charge in [-0.25, -0.2) is 0 Å². The van der Waals surface area contributed by atoms with Crippen molar-refractivity contribution in [3.05, 3.63) is 0 Å². The minimum absolute atomic E-state index is 0.118. The number of amides is 1. The Hall–Kier alpha value is -0.570. The zero-order chi connectivity index (χ0) is 14.6. The molecule has 1 atom stereocenters. The van der Waals surface area contributed by atoms with Gasteiger partial charge in [0.15, 0.2) is 0 Å². The van der Waals surface area contributed by atoms with Gasteiger partial charge in [0.25, 0.3) is 0 Å². The number of carbonyl (C=O) groups is 1. The molecule has 1 fully saturated rings. The van der Waals surface area contributed by atoms with Crippen LogP contribution >= 0.6 is 0 Å². The van der Waals surface area contributed by atoms with Crippen LogP contribution in [0, 0.1) is 23.2 Å². The highest BCUT2D eigenvalue weighted by Gasteiger charge is 2.32. The molecular weight excluding hydrogens is 236 g/mol. The van der Waals surface area contributed by atoms with Crippen LogP contribution in [0.1, 0.15) is 60.3 Å². The number of nitrogens with two attached hydrogens (primary N) is 1. The maximum atomic E-state index is 12.3. The lowest BCUT2D eigenvalue weighted by Crippen LogP contribution is -2.46. The van der Waals surface area contributed by atoms with E-state index in [4.69, 9.17) is 5.73 Å². The van der Waals surface area contributed by atoms with Crippen molar-refractivity contribution < 1.29 is 4.79 Å². The summed E-state index contributed by atoms with van der Waals surface area (Å²) in [7, 11) is 0. The van der Waals surface area contributed by atoms with E-state index in [0.717, 1.165) is 18.8 Å². The molecule has 1 rings (SSSR count). The van der Waals surface area contributed by atoms with Crippen molar-refractivity contribution in [1.82, 2.24) is 5.32 Å². The highest BCUT2D eigenvalue weighted by atomic mass is 16.1. The van der Waals surface area contributed by atoms with E-state index in [1.165, 1.54) is 12.8 Å². The van der Waals surface area contributed by atoms with Crippen molar-refractivity contribution in [1.29, 1.82) is 0 Å². The van der Waals surface area contributed by atoms with E-state index in [1.807, 2.05) is 0 Å². The summed E-state index contributed by atoms with van der Waals surface area (Å²) in [5, 5.41) is 3.13. The summed E-state index contributed by atoms with van der Waals surface area (Å²) in [6, 6.07) is 0.118. The second-order valence-electron chi connectivity index (χ2n) is 7.51. The zero-order valence-corrected chi connectivity index (χ0v) is 13.3. The van der Waals surface area contributed by atoms with Gasteiger partial charge in [0.2, 0.25) is 5.91 Å². The molecule has 0 aliphatic heterocycles. The number of carbonyl (C=O) groups excluding carboxylic acids is 1. The Morgan fingerprint density at radius 3 is 2.11 bits per heavy atom. The Bertz CT molecular complexity index is 286. The van der Waals surface area contributed by atoms with Gasteiger partial charge in [-0.05, 0) is 42.9 Å². The molecule has 0 saturated heterocycles. The van der Waals surface area contributed by atoms with Crippen LogP contribution in [-0.4, -0.2) is 18.5 Å². The molecule has 3 nitrogen and oxygen atoms in total. The second-order valence-corrected chi connectivity index (χ2v) is 7.51. The lowest BCUT2D eigenvalue weighted by Gasteiger charge is -2.37. The van der Waals surface area contributed by atoms with Gasteiger partial charge in [0, 0.05) is 18.5 Å². The molecule has 1 saturated carbocycles. The lowest BCUT2D eigenvalue weighted by atomic mass is 9.69. The van der Waals surface area contributed by atoms with Crippen molar-refractivity contribution in [3.63, 3.8) is 0 Å². The predicted molar refractivity (Wildman–Crippen MR) is 80.7 cm³/mol. The molecule has 1 aliphatic rings. The van der Waals surface area contributed by atoms with Gasteiger partial charge >= 0.3 is 0 Å². The van der Waals surface area contributed by atoms with Crippen molar-refractivity contribution in [2.45, 2.75) is 66.3 Å². The van der Waals surface area contributed by atoms with E-state index in [2.05, 4.69) is 39.9 Å². The number of hydrogen-bond donors (Lipinski definition) is 2. The Morgan fingerprint density at radius 1 is 1.21 bits per heavy atom. The van der Waals surface area contributed by atoms with Crippen molar-refractivity contribution in [2.75, 3.05) is 6.54 Å². The molecule has 19 heavy (non-hydrogen) atoms. The van der Waals surface area contributed by atoms with Gasteiger partial charge < -0.3 is 11.1 Å². The molecule has 0 aromatic heterocycles. The molecule has 3 heteroatoms. The van der Waals surface area contributed by atoms with Crippen LogP contribution in [0.5, 0.6) is 0 Å². The highest BCUT2D eigenvalue weighted by Crippen LogP contribution is 2.39. The topological polar surface area (TPSA) is 55.1 Å². The van der Waals surface area contributed by atoms with Crippen LogP contribution in [0.3, 0.4) is 0 Å². The van der Waals surface area contributed by atoms with Gasteiger partial charge in [0.1, 0.15) is 0 Å². The predicted octanol–water partition coefficient (Wildman–Crippen LogP) is 2.94. The third-order valence-electron chi connectivity index (χ3n) is 4.71. The Labute approximate surface area is 118 Å². The standard InChI is InChI=1S/C16H32N2O/c1-11(2)14(10-17)18-15(19)12-6-8-13(9-7-12)16(3,4)5/h11-14H,6-10,17H2,1-5H3,(H,18,19). The molecule has 1 aliphatic carbocycles. The minimum Gasteiger partial charge on any atom is -0.352 e. The summed E-state index contributed by atoms with van der Waals surface area (Å²) in [6.07, 6.45) is 4.42. The van der Waals surface area contributed by atoms with Gasteiger partial charge in [0.05, 0.1) is 0 Å². The van der Waals surface area contributed by atoms with Crippen LogP contribution in [0.2, 0.25) is 0 Å². The van der Waals surface area contributed by atoms with Gasteiger partial charge in [-0.2, -0.15) is 0 Å². The molecule has 0 aromatic rings. The van der Waals surface area contributed by atoms with E-state index in [9.17, 15) is 4.79 Å². The average Bonchev–Trinajstić information content (AvgIpc) is 2.34. The molecule has 112 valence electrons. The molecule has 1 unspecified atom stereocenters. The number of nitrogens with one attached hydrogen (secondary N) is 1. The summed E-state index contributed by atoms with van der Waals surface area (Å²) in [5.41, 5.74) is 6.09. The first-order chi connectivity index (χ1) is 8.75. The Kier molecular flexibility index (Phi) is 5.84. The quantitative estimate of drug-likeness (QED) is 0.823. The first-order valence-electron chi connectivity index (χ1n) is 7.76. The minimum atomic E-state index is 0.118. The fourth-order valence-electron chi connectivity index (χ4n) is 3.02. The monoisotopic (exact) mass is 268 g/mol. The summed E-state index contributed by atoms with van der Waals surface area (Å²) >= 11 is 0. The largest absolute Gasteiger partial charge is 0.352 e. The van der Waals surface area contributed by atoms with E-state index in [-0.39, 0.29) is 17.9 Å². The maximum Gasteiger partial charge on any atom is 0.223 e. The zero-order valence-electron chi connectivity index (χ0n) is 13.3. The molecule has 1 amide bonds. The van der Waals surface area contributed by atoms with E-state index in [0.29, 0.717) is 17.9 Å². The molecular formula is C16H32N2O. The SMILES string of the molecule is CC(C)C(CN)NC(=O)C1CCC(C(C)(C)C)CC1. The van der Waals surface area contributed by atoms with Crippen LogP contribution in [0.25, 0.3) is 0 Å².